The van der Waals surface area contributed by atoms with E-state index in [9.17, 15) is 13.6 Å². The molecule has 106 valence electrons. The van der Waals surface area contributed by atoms with Crippen LogP contribution >= 0.6 is 0 Å². The highest BCUT2D eigenvalue weighted by atomic mass is 19.1. The van der Waals surface area contributed by atoms with Crippen LogP contribution in [0.5, 0.6) is 0 Å². The van der Waals surface area contributed by atoms with E-state index in [4.69, 9.17) is 10.00 Å². The highest BCUT2D eigenvalue weighted by Crippen LogP contribution is 2.20. The summed E-state index contributed by atoms with van der Waals surface area (Å²) in [5, 5.41) is 10.6. The van der Waals surface area contributed by atoms with Gasteiger partial charge in [-0.3, -0.25) is 5.32 Å². The Labute approximate surface area is 119 Å². The molecule has 0 spiro atoms. The molecule has 0 aliphatic heterocycles. The fourth-order valence-electron chi connectivity index (χ4n) is 1.62. The number of nitrogens with one attached hydrogen (secondary N) is 1. The number of nitrogens with zero attached hydrogens (tertiary/aromatic N) is 1. The van der Waals surface area contributed by atoms with Gasteiger partial charge in [0.05, 0.1) is 11.6 Å². The molecule has 0 aromatic heterocycles. The number of carbonyl (C=O) groups excluding carboxylic acids is 1. The lowest BCUT2D eigenvalue weighted by molar-refractivity contribution is 0.155. The minimum absolute atomic E-state index is 0.0216. The van der Waals surface area contributed by atoms with Crippen LogP contribution in [0.3, 0.4) is 0 Å². The van der Waals surface area contributed by atoms with Gasteiger partial charge < -0.3 is 4.74 Å². The highest BCUT2D eigenvalue weighted by molar-refractivity contribution is 5.85. The predicted octanol–water partition coefficient (Wildman–Crippen LogP) is 3.59. The molecule has 0 atom stereocenters. The minimum atomic E-state index is -1.04. The molecule has 0 saturated heterocycles. The number of hydrogen-bond donors (Lipinski definition) is 1. The van der Waals surface area contributed by atoms with Gasteiger partial charge in [-0.1, -0.05) is 30.3 Å². The van der Waals surface area contributed by atoms with Gasteiger partial charge in [-0.15, -0.1) is 0 Å². The molecule has 2 aromatic rings. The topological polar surface area (TPSA) is 62.1 Å². The Hall–Kier alpha value is -2.94. The molecule has 4 nitrogen and oxygen atoms in total. The second-order valence-electron chi connectivity index (χ2n) is 4.11. The molecule has 0 aliphatic rings. The molecule has 0 unspecified atom stereocenters. The maximum absolute atomic E-state index is 13.6. The first-order valence-electron chi connectivity index (χ1n) is 5.97. The van der Waals surface area contributed by atoms with Crippen molar-refractivity contribution in [2.24, 2.45) is 0 Å². The molecule has 6 heteroatoms. The quantitative estimate of drug-likeness (QED) is 0.938. The van der Waals surface area contributed by atoms with Crippen LogP contribution in [0.2, 0.25) is 0 Å². The molecule has 0 bridgehead atoms. The van der Waals surface area contributed by atoms with Gasteiger partial charge in [-0.25, -0.2) is 13.6 Å². The predicted molar refractivity (Wildman–Crippen MR) is 71.3 cm³/mol. The first-order chi connectivity index (χ1) is 10.1. The largest absolute Gasteiger partial charge is 0.444 e. The van der Waals surface area contributed by atoms with Crippen LogP contribution in [0.4, 0.5) is 19.3 Å². The van der Waals surface area contributed by atoms with Crippen molar-refractivity contribution in [1.82, 2.24) is 0 Å². The van der Waals surface area contributed by atoms with E-state index in [1.165, 1.54) is 0 Å². The van der Waals surface area contributed by atoms with Gasteiger partial charge in [0.25, 0.3) is 0 Å². The lowest BCUT2D eigenvalue weighted by Crippen LogP contribution is -2.15. The number of carbonyl (C=O) groups is 1. The lowest BCUT2D eigenvalue weighted by Gasteiger charge is -2.09. The van der Waals surface area contributed by atoms with Crippen LogP contribution in [0.15, 0.2) is 42.5 Å². The highest BCUT2D eigenvalue weighted by Gasteiger charge is 2.14. The fourth-order valence-corrected chi connectivity index (χ4v) is 1.62. The summed E-state index contributed by atoms with van der Waals surface area (Å²) in [6, 6.07) is 12.1. The number of hydrogen-bond acceptors (Lipinski definition) is 3. The Bertz CT molecular complexity index is 674. The van der Waals surface area contributed by atoms with E-state index in [-0.39, 0.29) is 12.2 Å². The van der Waals surface area contributed by atoms with Crippen LogP contribution in [0.1, 0.15) is 11.1 Å². The molecule has 0 heterocycles. The van der Waals surface area contributed by atoms with Crippen molar-refractivity contribution in [3.8, 4) is 6.07 Å². The summed E-state index contributed by atoms with van der Waals surface area (Å²) in [6.07, 6.45) is -0.985. The standard InChI is InChI=1S/C15H10F2N2O2/c16-12-6-11(8-18)7-13(17)14(12)19-15(20)21-9-10-4-2-1-3-5-10/h1-7H,9H2,(H,19,20). The molecule has 21 heavy (non-hydrogen) atoms. The maximum Gasteiger partial charge on any atom is 0.412 e. The third-order valence-electron chi connectivity index (χ3n) is 2.61. The van der Waals surface area contributed by atoms with Gasteiger partial charge in [-0.2, -0.15) is 5.26 Å². The minimum Gasteiger partial charge on any atom is -0.444 e. The Kier molecular flexibility index (Phi) is 4.46. The van der Waals surface area contributed by atoms with E-state index in [1.807, 2.05) is 11.4 Å². The van der Waals surface area contributed by atoms with Crippen LogP contribution in [-0.4, -0.2) is 6.09 Å². The van der Waals surface area contributed by atoms with E-state index in [1.54, 1.807) is 30.3 Å². The monoisotopic (exact) mass is 288 g/mol. The summed E-state index contributed by atoms with van der Waals surface area (Å²) in [5.41, 5.74) is -0.0753. The van der Waals surface area contributed by atoms with Crippen molar-refractivity contribution in [2.75, 3.05) is 5.32 Å². The van der Waals surface area contributed by atoms with Crippen molar-refractivity contribution >= 4 is 11.8 Å². The number of halogens is 2. The van der Waals surface area contributed by atoms with E-state index in [0.29, 0.717) is 0 Å². The number of rotatable bonds is 3. The Morgan fingerprint density at radius 2 is 1.81 bits per heavy atom. The third kappa shape index (κ3) is 3.76. The van der Waals surface area contributed by atoms with Gasteiger partial charge in [0.15, 0.2) is 11.6 Å². The number of nitriles is 1. The van der Waals surface area contributed by atoms with Crippen LogP contribution in [0.25, 0.3) is 0 Å². The Morgan fingerprint density at radius 3 is 2.38 bits per heavy atom. The zero-order valence-electron chi connectivity index (χ0n) is 10.8. The lowest BCUT2D eigenvalue weighted by atomic mass is 10.2. The molecular weight excluding hydrogens is 278 g/mol. The van der Waals surface area contributed by atoms with Gasteiger partial charge in [-0.05, 0) is 17.7 Å². The summed E-state index contributed by atoms with van der Waals surface area (Å²) in [7, 11) is 0. The zero-order valence-corrected chi connectivity index (χ0v) is 10.8. The average molecular weight is 288 g/mol. The van der Waals surface area contributed by atoms with Gasteiger partial charge in [0.1, 0.15) is 12.3 Å². The summed E-state index contributed by atoms with van der Waals surface area (Å²) in [4.78, 5) is 11.5. The molecule has 2 rings (SSSR count). The second-order valence-corrected chi connectivity index (χ2v) is 4.11. The van der Waals surface area contributed by atoms with Crippen LogP contribution in [-0.2, 0) is 11.3 Å². The van der Waals surface area contributed by atoms with Crippen LogP contribution in [0, 0.1) is 23.0 Å². The first-order valence-corrected chi connectivity index (χ1v) is 5.97. The van der Waals surface area contributed by atoms with Crippen molar-refractivity contribution in [3.63, 3.8) is 0 Å². The molecule has 1 amide bonds. The second kappa shape index (κ2) is 6.48. The number of amides is 1. The first kappa shape index (κ1) is 14.5. The van der Waals surface area contributed by atoms with E-state index < -0.39 is 23.4 Å². The number of ether oxygens (including phenoxy) is 1. The zero-order chi connectivity index (χ0) is 15.2. The fraction of sp³-hybridized carbons (Fsp3) is 0.0667. The maximum atomic E-state index is 13.6. The SMILES string of the molecule is N#Cc1cc(F)c(NC(=O)OCc2ccccc2)c(F)c1. The van der Waals surface area contributed by atoms with Gasteiger partial charge in [0.2, 0.25) is 0 Å². The summed E-state index contributed by atoms with van der Waals surface area (Å²) < 4.78 is 32.0. The van der Waals surface area contributed by atoms with Crippen LogP contribution < -0.4 is 5.32 Å². The number of benzene rings is 2. The molecule has 0 aliphatic carbocycles. The molecular formula is C15H10F2N2O2. The summed E-state index contributed by atoms with van der Waals surface area (Å²) >= 11 is 0. The summed E-state index contributed by atoms with van der Waals surface area (Å²) in [5.74, 6) is -2.08. The van der Waals surface area contributed by atoms with Crippen molar-refractivity contribution in [1.29, 1.82) is 5.26 Å². The molecule has 2 aromatic carbocycles. The Balaban J connectivity index is 2.02. The third-order valence-corrected chi connectivity index (χ3v) is 2.61. The normalized spacial score (nSPS) is 9.76. The van der Waals surface area contributed by atoms with Gasteiger partial charge >= 0.3 is 6.09 Å². The van der Waals surface area contributed by atoms with Gasteiger partial charge in [0, 0.05) is 0 Å². The van der Waals surface area contributed by atoms with Crippen molar-refractivity contribution in [3.05, 3.63) is 65.2 Å². The molecule has 1 N–H and O–H groups in total. The Morgan fingerprint density at radius 1 is 1.19 bits per heavy atom. The summed E-state index contributed by atoms with van der Waals surface area (Å²) in [6.45, 7) is -0.0216. The van der Waals surface area contributed by atoms with E-state index >= 15 is 0 Å². The molecule has 0 saturated carbocycles. The van der Waals surface area contributed by atoms with Crippen molar-refractivity contribution in [2.45, 2.75) is 6.61 Å². The molecule has 0 fully saturated rings. The van der Waals surface area contributed by atoms with E-state index in [2.05, 4.69) is 0 Å². The van der Waals surface area contributed by atoms with Crippen molar-refractivity contribution < 1.29 is 18.3 Å². The molecule has 0 radical (unpaired) electrons. The van der Waals surface area contributed by atoms with E-state index in [0.717, 1.165) is 17.7 Å². The number of anilines is 1. The smallest absolute Gasteiger partial charge is 0.412 e. The average Bonchev–Trinajstić information content (AvgIpc) is 2.49.